The van der Waals surface area contributed by atoms with E-state index in [0.29, 0.717) is 0 Å². The summed E-state index contributed by atoms with van der Waals surface area (Å²) in [6, 6.07) is 16.1. The second-order valence-electron chi connectivity index (χ2n) is 2.52. The molecule has 0 heterocycles. The minimum atomic E-state index is -3.49. The van der Waals surface area contributed by atoms with Crippen molar-refractivity contribution in [3.8, 4) is 0 Å². The first-order valence-electron chi connectivity index (χ1n) is 3.94. The Kier molecular flexibility index (Phi) is 6.61. The van der Waals surface area contributed by atoms with E-state index >= 15 is 0 Å². The van der Waals surface area contributed by atoms with Crippen LogP contribution < -0.4 is 0 Å². The summed E-state index contributed by atoms with van der Waals surface area (Å²) in [5.74, 6) is 0. The van der Waals surface area contributed by atoms with Crippen molar-refractivity contribution in [3.63, 3.8) is 0 Å². The predicted molar refractivity (Wildman–Crippen MR) is 57.1 cm³/mol. The van der Waals surface area contributed by atoms with Crippen LogP contribution in [0.15, 0.2) is 59.5 Å². The predicted octanol–water partition coefficient (Wildman–Crippen LogP) is 2.74. The van der Waals surface area contributed by atoms with Crippen molar-refractivity contribution in [2.45, 2.75) is 4.90 Å². The molecule has 0 aliphatic rings. The van der Waals surface area contributed by atoms with Crippen molar-refractivity contribution in [2.75, 3.05) is 0 Å². The van der Waals surface area contributed by atoms with Crippen LogP contribution in [-0.4, -0.2) is 8.42 Å². The first kappa shape index (κ1) is 14.5. The minimum Gasteiger partial charge on any atom is -0.214 e. The van der Waals surface area contributed by atoms with Crippen molar-refractivity contribution < 1.29 is 25.5 Å². The molecule has 0 aromatic heterocycles. The molecule has 0 amide bonds. The van der Waals surface area contributed by atoms with E-state index in [1.165, 1.54) is 12.1 Å². The summed E-state index contributed by atoms with van der Waals surface area (Å²) in [6.45, 7) is 0. The van der Waals surface area contributed by atoms with E-state index in [2.05, 4.69) is 0 Å². The number of halogens is 1. The Labute approximate surface area is 105 Å². The maximum atomic E-state index is 10.5. The summed E-state index contributed by atoms with van der Waals surface area (Å²) in [6.07, 6.45) is 0. The zero-order chi connectivity index (χ0) is 10.4. The van der Waals surface area contributed by atoms with Crippen LogP contribution in [0.25, 0.3) is 0 Å². The van der Waals surface area contributed by atoms with Gasteiger partial charge in [0.1, 0.15) is 0 Å². The third-order valence-electron chi connectivity index (χ3n) is 1.47. The van der Waals surface area contributed by atoms with Gasteiger partial charge in [0, 0.05) is 10.7 Å². The molecule has 0 saturated carbocycles. The van der Waals surface area contributed by atoms with Crippen LogP contribution in [0.1, 0.15) is 0 Å². The Bertz CT molecular complexity index is 415. The maximum Gasteiger partial charge on any atom is 2.00 e. The molecule has 0 aliphatic heterocycles. The van der Waals surface area contributed by atoms with Crippen molar-refractivity contribution in [1.29, 1.82) is 0 Å². The van der Waals surface area contributed by atoms with Gasteiger partial charge >= 0.3 is 17.1 Å². The Morgan fingerprint density at radius 3 is 1.87 bits per heavy atom. The van der Waals surface area contributed by atoms with Gasteiger partial charge in [0.2, 0.25) is 9.05 Å². The summed E-state index contributed by atoms with van der Waals surface area (Å²) in [7, 11) is 1.48. The van der Waals surface area contributed by atoms with Gasteiger partial charge in [0.05, 0.1) is 0 Å². The van der Waals surface area contributed by atoms with E-state index in [9.17, 15) is 8.42 Å². The van der Waals surface area contributed by atoms with E-state index in [1.54, 1.807) is 12.1 Å². The quantitative estimate of drug-likeness (QED) is 0.458. The first-order chi connectivity index (χ1) is 6.61. The molecule has 0 fully saturated rings. The van der Waals surface area contributed by atoms with Gasteiger partial charge in [-0.1, -0.05) is 0 Å². The summed E-state index contributed by atoms with van der Waals surface area (Å²) >= 11 is 0. The minimum absolute atomic E-state index is 0. The number of rotatable bonds is 1. The molecule has 0 N–H and O–H groups in total. The van der Waals surface area contributed by atoms with E-state index in [0.717, 1.165) is 0 Å². The van der Waals surface area contributed by atoms with Crippen LogP contribution in [0.4, 0.5) is 0 Å². The van der Waals surface area contributed by atoms with Crippen molar-refractivity contribution >= 4 is 19.7 Å². The van der Waals surface area contributed by atoms with Gasteiger partial charge in [-0.2, -0.15) is 36.4 Å². The van der Waals surface area contributed by atoms with Crippen LogP contribution in [0.2, 0.25) is 0 Å². The smallest absolute Gasteiger partial charge is 0.214 e. The van der Waals surface area contributed by atoms with Gasteiger partial charge < -0.3 is 0 Å². The standard InChI is InChI=1S/C5H4ClO2S.C5H5.Fe/c6-9(7,8)5-3-1-2-4-5;1-2-4-5-3-1;/h1-4H;1-5H;/q2*-1;+2. The zero-order valence-corrected chi connectivity index (χ0v) is 10.3. The SMILES string of the molecule is O=S(=O)(Cl)c1ccc[cH-]1.[Fe+2].c1cc[cH-]c1. The molecule has 0 radical (unpaired) electrons. The average molecular weight is 285 g/mol. The first-order valence-corrected chi connectivity index (χ1v) is 6.25. The molecular formula is C10H9ClFeO2S. The molecule has 2 rings (SSSR count). The molecule has 0 spiro atoms. The van der Waals surface area contributed by atoms with E-state index in [4.69, 9.17) is 10.7 Å². The fraction of sp³-hybridized carbons (Fsp3) is 0. The Morgan fingerprint density at radius 1 is 1.07 bits per heavy atom. The third kappa shape index (κ3) is 5.80. The second-order valence-corrected chi connectivity index (χ2v) is 5.09. The van der Waals surface area contributed by atoms with Gasteiger partial charge in [-0.3, -0.25) is 0 Å². The van der Waals surface area contributed by atoms with Gasteiger partial charge in [0.15, 0.2) is 0 Å². The van der Waals surface area contributed by atoms with Crippen LogP contribution in [0.5, 0.6) is 0 Å². The normalized spacial score (nSPS) is 9.67. The fourth-order valence-corrected chi connectivity index (χ4v) is 1.63. The van der Waals surface area contributed by atoms with Crippen molar-refractivity contribution in [2.24, 2.45) is 0 Å². The van der Waals surface area contributed by atoms with Crippen LogP contribution >= 0.6 is 10.7 Å². The van der Waals surface area contributed by atoms with E-state index < -0.39 is 9.05 Å². The molecule has 5 heteroatoms. The molecule has 0 atom stereocenters. The van der Waals surface area contributed by atoms with E-state index in [1.807, 2.05) is 30.3 Å². The molecule has 0 aliphatic carbocycles. The molecule has 2 aromatic carbocycles. The fourth-order valence-electron chi connectivity index (χ4n) is 0.840. The van der Waals surface area contributed by atoms with Gasteiger partial charge in [0.25, 0.3) is 0 Å². The summed E-state index contributed by atoms with van der Waals surface area (Å²) in [4.78, 5) is 0.157. The monoisotopic (exact) mass is 284 g/mol. The molecule has 0 bridgehead atoms. The zero-order valence-electron chi connectivity index (χ0n) is 7.65. The van der Waals surface area contributed by atoms with Crippen molar-refractivity contribution in [3.05, 3.63) is 54.6 Å². The molecular weight excluding hydrogens is 275 g/mol. The average Bonchev–Trinajstić information content (AvgIpc) is 2.80. The molecule has 0 unspecified atom stereocenters. The molecule has 2 nitrogen and oxygen atoms in total. The third-order valence-corrected chi connectivity index (χ3v) is 2.84. The summed E-state index contributed by atoms with van der Waals surface area (Å²) < 4.78 is 20.9. The summed E-state index contributed by atoms with van der Waals surface area (Å²) in [5, 5.41) is 0. The maximum absolute atomic E-state index is 10.5. The van der Waals surface area contributed by atoms with Gasteiger partial charge in [-0.05, 0) is 4.90 Å². The Hall–Kier alpha value is -0.541. The molecule has 0 saturated heterocycles. The van der Waals surface area contributed by atoms with Crippen LogP contribution in [-0.2, 0) is 26.1 Å². The molecule has 15 heavy (non-hydrogen) atoms. The topological polar surface area (TPSA) is 34.1 Å². The Balaban J connectivity index is 0.000000280. The van der Waals surface area contributed by atoms with E-state index in [-0.39, 0.29) is 22.0 Å². The molecule has 82 valence electrons. The van der Waals surface area contributed by atoms with Gasteiger partial charge in [-0.15, -0.1) is 0 Å². The largest absolute Gasteiger partial charge is 2.00 e. The number of hydrogen-bond acceptors (Lipinski definition) is 2. The molecule has 2 aromatic rings. The van der Waals surface area contributed by atoms with Crippen LogP contribution in [0, 0.1) is 0 Å². The Morgan fingerprint density at radius 2 is 1.67 bits per heavy atom. The number of hydrogen-bond donors (Lipinski definition) is 0. The van der Waals surface area contributed by atoms with Gasteiger partial charge in [-0.25, -0.2) is 26.6 Å². The summed E-state index contributed by atoms with van der Waals surface area (Å²) in [5.41, 5.74) is 0. The van der Waals surface area contributed by atoms with Crippen LogP contribution in [0.3, 0.4) is 0 Å². The second kappa shape index (κ2) is 6.85. The van der Waals surface area contributed by atoms with Crippen molar-refractivity contribution in [1.82, 2.24) is 0 Å².